The zero-order valence-electron chi connectivity index (χ0n) is 20.5. The van der Waals surface area contributed by atoms with Gasteiger partial charge in [-0.2, -0.15) is 0 Å². The van der Waals surface area contributed by atoms with Crippen LogP contribution in [0.3, 0.4) is 0 Å². The first-order chi connectivity index (χ1) is 18.1. The predicted octanol–water partition coefficient (Wildman–Crippen LogP) is 3.11. The van der Waals surface area contributed by atoms with Crippen molar-refractivity contribution >= 4 is 58.8 Å². The number of allylic oxidation sites excluding steroid dienone is 1. The van der Waals surface area contributed by atoms with Crippen LogP contribution in [-0.4, -0.2) is 64.7 Å². The number of likely N-dealkylation sites (tertiary alicyclic amines) is 1. The Labute approximate surface area is 228 Å². The van der Waals surface area contributed by atoms with Gasteiger partial charge in [0.25, 0.3) is 5.91 Å². The van der Waals surface area contributed by atoms with E-state index in [1.165, 1.54) is 36.3 Å². The molecular formula is C26H27Cl2N3O7. The molecule has 0 unspecified atom stereocenters. The van der Waals surface area contributed by atoms with E-state index in [9.17, 15) is 29.1 Å². The molecule has 3 N–H and O–H groups in total. The lowest BCUT2D eigenvalue weighted by molar-refractivity contribution is -0.140. The highest BCUT2D eigenvalue weighted by atomic mass is 35.5. The molecule has 202 valence electrons. The van der Waals surface area contributed by atoms with Crippen molar-refractivity contribution in [3.63, 3.8) is 0 Å². The van der Waals surface area contributed by atoms with Crippen molar-refractivity contribution < 1.29 is 33.5 Å². The van der Waals surface area contributed by atoms with Gasteiger partial charge in [0.1, 0.15) is 17.8 Å². The normalized spacial score (nSPS) is 15.9. The van der Waals surface area contributed by atoms with Crippen molar-refractivity contribution in [3.05, 3.63) is 63.5 Å². The number of hydrogen-bond donors (Lipinski definition) is 3. The fourth-order valence-electron chi connectivity index (χ4n) is 4.07. The van der Waals surface area contributed by atoms with E-state index in [0.717, 1.165) is 0 Å². The number of benzene rings is 1. The predicted molar refractivity (Wildman–Crippen MR) is 140 cm³/mol. The van der Waals surface area contributed by atoms with Crippen molar-refractivity contribution in [2.45, 2.75) is 44.7 Å². The van der Waals surface area contributed by atoms with E-state index in [1.807, 2.05) is 0 Å². The molecule has 2 aromatic rings. The van der Waals surface area contributed by atoms with Gasteiger partial charge in [0.05, 0.1) is 21.9 Å². The molecule has 1 aliphatic heterocycles. The maximum Gasteiger partial charge on any atom is 0.328 e. The molecule has 1 saturated heterocycles. The summed E-state index contributed by atoms with van der Waals surface area (Å²) in [5.74, 6) is -2.54. The Balaban J connectivity index is 1.59. The van der Waals surface area contributed by atoms with Crippen LogP contribution in [0.4, 0.5) is 0 Å². The van der Waals surface area contributed by atoms with Gasteiger partial charge in [-0.15, -0.1) is 0 Å². The van der Waals surface area contributed by atoms with Crippen LogP contribution in [-0.2, 0) is 25.6 Å². The van der Waals surface area contributed by atoms with Crippen molar-refractivity contribution in [1.82, 2.24) is 15.5 Å². The summed E-state index contributed by atoms with van der Waals surface area (Å²) in [5.41, 5.74) is 0.488. The topological polar surface area (TPSA) is 146 Å². The number of carbonyl (C=O) groups excluding carboxylic acids is 4. The minimum absolute atomic E-state index is 0.0141. The Bertz CT molecular complexity index is 1220. The standard InChI is InChI=1S/C26H27Cl2N3O7/c1-15(32)31-10-2-5-22(31)24(34)29-14-21(26(36)37)30-25(35)23-19(27)12-16(13-20(23)28)6-7-17(33)8-9-18-4-3-11-38-18/h3-4,8-9,11-13,21-22H,2,5-7,10,14H2,1H3,(H,29,34)(H,30,35)(H,36,37)/b9-8+/t21-,22-/m0/s1. The van der Waals surface area contributed by atoms with E-state index < -0.39 is 36.4 Å². The molecule has 10 nitrogen and oxygen atoms in total. The van der Waals surface area contributed by atoms with Crippen LogP contribution in [0.15, 0.2) is 41.0 Å². The Morgan fingerprint density at radius 3 is 2.53 bits per heavy atom. The summed E-state index contributed by atoms with van der Waals surface area (Å²) in [6, 6.07) is 4.25. The van der Waals surface area contributed by atoms with Gasteiger partial charge in [0, 0.05) is 26.4 Å². The molecule has 0 saturated carbocycles. The van der Waals surface area contributed by atoms with Crippen molar-refractivity contribution in [3.8, 4) is 0 Å². The lowest BCUT2D eigenvalue weighted by atomic mass is 10.0. The minimum atomic E-state index is -1.47. The van der Waals surface area contributed by atoms with E-state index >= 15 is 0 Å². The number of halogens is 2. The molecule has 0 spiro atoms. The molecule has 1 aromatic carbocycles. The molecule has 12 heteroatoms. The first kappa shape index (κ1) is 28.9. The molecule has 1 aromatic heterocycles. The summed E-state index contributed by atoms with van der Waals surface area (Å²) in [4.78, 5) is 62.3. The second-order valence-electron chi connectivity index (χ2n) is 8.73. The fourth-order valence-corrected chi connectivity index (χ4v) is 4.77. The van der Waals surface area contributed by atoms with Gasteiger partial charge in [-0.25, -0.2) is 4.79 Å². The zero-order chi connectivity index (χ0) is 27.8. The molecule has 1 fully saturated rings. The third-order valence-electron chi connectivity index (χ3n) is 6.01. The Morgan fingerprint density at radius 1 is 1.21 bits per heavy atom. The first-order valence-corrected chi connectivity index (χ1v) is 12.6. The van der Waals surface area contributed by atoms with Crippen molar-refractivity contribution in [2.24, 2.45) is 0 Å². The number of carbonyl (C=O) groups is 5. The number of rotatable bonds is 11. The maximum absolute atomic E-state index is 12.8. The van der Waals surface area contributed by atoms with Crippen LogP contribution in [0.5, 0.6) is 0 Å². The average Bonchev–Trinajstić information content (AvgIpc) is 3.55. The second-order valence-corrected chi connectivity index (χ2v) is 9.54. The average molecular weight is 564 g/mol. The fraction of sp³-hybridized carbons (Fsp3) is 0.346. The highest BCUT2D eigenvalue weighted by Gasteiger charge is 2.33. The van der Waals surface area contributed by atoms with E-state index in [2.05, 4.69) is 10.6 Å². The smallest absolute Gasteiger partial charge is 0.328 e. The van der Waals surface area contributed by atoms with Crippen LogP contribution in [0.25, 0.3) is 6.08 Å². The molecule has 2 atom stereocenters. The number of aliphatic carboxylic acids is 1. The molecular weight excluding hydrogens is 537 g/mol. The molecule has 2 heterocycles. The molecule has 3 amide bonds. The third kappa shape index (κ3) is 7.69. The third-order valence-corrected chi connectivity index (χ3v) is 6.61. The lowest BCUT2D eigenvalue weighted by Crippen LogP contribution is -2.52. The van der Waals surface area contributed by atoms with Gasteiger partial charge in [-0.3, -0.25) is 19.2 Å². The summed E-state index contributed by atoms with van der Waals surface area (Å²) >= 11 is 12.6. The number of carboxylic acids is 1. The van der Waals surface area contributed by atoms with Crippen LogP contribution in [0, 0.1) is 0 Å². The number of furan rings is 1. The van der Waals surface area contributed by atoms with Gasteiger partial charge in [-0.1, -0.05) is 23.2 Å². The summed E-state index contributed by atoms with van der Waals surface area (Å²) in [6.45, 7) is 1.42. The van der Waals surface area contributed by atoms with Gasteiger partial charge < -0.3 is 25.1 Å². The highest BCUT2D eigenvalue weighted by Crippen LogP contribution is 2.27. The largest absolute Gasteiger partial charge is 0.480 e. The maximum atomic E-state index is 12.8. The number of hydrogen-bond acceptors (Lipinski definition) is 6. The summed E-state index contributed by atoms with van der Waals surface area (Å²) in [5, 5.41) is 14.3. The quantitative estimate of drug-likeness (QED) is 0.356. The molecule has 0 radical (unpaired) electrons. The lowest BCUT2D eigenvalue weighted by Gasteiger charge is -2.23. The summed E-state index contributed by atoms with van der Waals surface area (Å²) in [6.07, 6.45) is 6.07. The molecule has 0 aliphatic carbocycles. The molecule has 0 bridgehead atoms. The number of nitrogens with one attached hydrogen (secondary N) is 2. The van der Waals surface area contributed by atoms with Crippen LogP contribution >= 0.6 is 23.2 Å². The highest BCUT2D eigenvalue weighted by molar-refractivity contribution is 6.39. The Hall–Kier alpha value is -3.63. The number of carboxylic acid groups (broad SMARTS) is 1. The molecule has 38 heavy (non-hydrogen) atoms. The summed E-state index contributed by atoms with van der Waals surface area (Å²) < 4.78 is 5.14. The monoisotopic (exact) mass is 563 g/mol. The summed E-state index contributed by atoms with van der Waals surface area (Å²) in [7, 11) is 0. The zero-order valence-corrected chi connectivity index (χ0v) is 22.1. The number of amides is 3. The minimum Gasteiger partial charge on any atom is -0.480 e. The van der Waals surface area contributed by atoms with Gasteiger partial charge in [0.15, 0.2) is 5.78 Å². The van der Waals surface area contributed by atoms with E-state index in [4.69, 9.17) is 27.6 Å². The first-order valence-electron chi connectivity index (χ1n) is 11.9. The van der Waals surface area contributed by atoms with Crippen molar-refractivity contribution in [1.29, 1.82) is 0 Å². The van der Waals surface area contributed by atoms with Crippen LogP contribution < -0.4 is 10.6 Å². The van der Waals surface area contributed by atoms with E-state index in [-0.39, 0.29) is 33.7 Å². The van der Waals surface area contributed by atoms with Gasteiger partial charge in [-0.05, 0) is 61.2 Å². The van der Waals surface area contributed by atoms with Gasteiger partial charge in [0.2, 0.25) is 11.8 Å². The van der Waals surface area contributed by atoms with Crippen LogP contribution in [0.1, 0.15) is 47.9 Å². The van der Waals surface area contributed by atoms with Gasteiger partial charge >= 0.3 is 5.97 Å². The molecule has 3 rings (SSSR count). The van der Waals surface area contributed by atoms with Crippen molar-refractivity contribution in [2.75, 3.05) is 13.1 Å². The SMILES string of the molecule is CC(=O)N1CCC[C@H]1C(=O)NC[C@H](NC(=O)c1c(Cl)cc(CCC(=O)/C=C/c2ccco2)cc1Cl)C(=O)O. The van der Waals surface area contributed by atoms with Crippen LogP contribution in [0.2, 0.25) is 10.0 Å². The number of aryl methyl sites for hydroxylation is 1. The second kappa shape index (κ2) is 13.3. The van der Waals surface area contributed by atoms with E-state index in [1.54, 1.807) is 18.2 Å². The number of ketones is 1. The number of nitrogens with zero attached hydrogens (tertiary/aromatic N) is 1. The van der Waals surface area contributed by atoms with E-state index in [0.29, 0.717) is 37.1 Å². The Kier molecular flexibility index (Phi) is 10.1. The molecule has 1 aliphatic rings. The Morgan fingerprint density at radius 2 is 1.92 bits per heavy atom.